The highest BCUT2D eigenvalue weighted by molar-refractivity contribution is 8.15. The number of anilines is 1. The van der Waals surface area contributed by atoms with E-state index in [2.05, 4.69) is 10.3 Å². The van der Waals surface area contributed by atoms with Gasteiger partial charge < -0.3 is 15.0 Å². The first-order chi connectivity index (χ1) is 15.9. The monoisotopic (exact) mass is 470 g/mol. The van der Waals surface area contributed by atoms with Crippen molar-refractivity contribution in [2.45, 2.75) is 11.7 Å². The Morgan fingerprint density at radius 3 is 2.61 bits per heavy atom. The van der Waals surface area contributed by atoms with Crippen molar-refractivity contribution in [3.8, 4) is 0 Å². The second kappa shape index (κ2) is 10.1. The molecule has 0 spiro atoms. The Morgan fingerprint density at radius 1 is 1.15 bits per heavy atom. The smallest absolute Gasteiger partial charge is 0.256 e. The van der Waals surface area contributed by atoms with Gasteiger partial charge in [0, 0.05) is 26.6 Å². The lowest BCUT2D eigenvalue weighted by atomic mass is 10.1. The molecule has 2 aliphatic rings. The molecule has 2 aliphatic heterocycles. The Kier molecular flexibility index (Phi) is 7.05. The van der Waals surface area contributed by atoms with Gasteiger partial charge in [-0.15, -0.1) is 0 Å². The summed E-state index contributed by atoms with van der Waals surface area (Å²) >= 11 is 1.11. The zero-order valence-electron chi connectivity index (χ0n) is 18.0. The summed E-state index contributed by atoms with van der Waals surface area (Å²) in [5.74, 6) is -1.36. The van der Waals surface area contributed by atoms with Crippen LogP contribution in [0.25, 0.3) is 0 Å². The summed E-state index contributed by atoms with van der Waals surface area (Å²) in [5, 5.41) is 2.40. The van der Waals surface area contributed by atoms with Gasteiger partial charge in [0.15, 0.2) is 5.17 Å². The fourth-order valence-electron chi connectivity index (χ4n) is 3.53. The number of thioether (sulfide) groups is 1. The third-order valence-electron chi connectivity index (χ3n) is 5.31. The molecule has 1 atom stereocenters. The van der Waals surface area contributed by atoms with Crippen molar-refractivity contribution in [2.75, 3.05) is 38.7 Å². The van der Waals surface area contributed by atoms with Crippen LogP contribution >= 0.6 is 11.8 Å². The van der Waals surface area contributed by atoms with Gasteiger partial charge in [0.05, 0.1) is 24.5 Å². The maximum atomic E-state index is 13.9. The van der Waals surface area contributed by atoms with Crippen LogP contribution in [0, 0.1) is 5.82 Å². The third-order valence-corrected chi connectivity index (χ3v) is 6.54. The fourth-order valence-corrected chi connectivity index (χ4v) is 4.68. The molecule has 0 aromatic heterocycles. The number of ether oxygens (including phenoxy) is 1. The van der Waals surface area contributed by atoms with Crippen molar-refractivity contribution in [3.63, 3.8) is 0 Å². The number of para-hydroxylation sites is 2. The summed E-state index contributed by atoms with van der Waals surface area (Å²) in [6.07, 6.45) is -0.107. The lowest BCUT2D eigenvalue weighted by molar-refractivity contribution is -0.127. The summed E-state index contributed by atoms with van der Waals surface area (Å²) in [6.45, 7) is 1.94. The highest BCUT2D eigenvalue weighted by atomic mass is 32.2. The lowest BCUT2D eigenvalue weighted by Crippen LogP contribution is -2.41. The standard InChI is InChI=1S/C23H23FN4O4S/c1-27-22(31)19(33-23(27)26-18-9-5-3-7-16(18)24)14-20(29)25-17-8-4-2-6-15(17)21(30)28-10-12-32-13-11-28/h2-9,19H,10-14H2,1H3,(H,25,29)/t19-/m1/s1. The van der Waals surface area contributed by atoms with Gasteiger partial charge in [-0.05, 0) is 24.3 Å². The molecule has 2 heterocycles. The Hall–Kier alpha value is -3.24. The van der Waals surface area contributed by atoms with Crippen LogP contribution in [-0.4, -0.2) is 71.3 Å². The third kappa shape index (κ3) is 5.23. The second-order valence-corrected chi connectivity index (χ2v) is 8.72. The number of nitrogens with one attached hydrogen (secondary N) is 1. The maximum Gasteiger partial charge on any atom is 0.256 e. The topological polar surface area (TPSA) is 91.3 Å². The molecule has 3 amide bonds. The van der Waals surface area contributed by atoms with Gasteiger partial charge in [-0.1, -0.05) is 36.0 Å². The number of carbonyl (C=O) groups excluding carboxylic acids is 3. The molecule has 2 aromatic rings. The number of halogens is 1. The van der Waals surface area contributed by atoms with E-state index in [1.54, 1.807) is 48.3 Å². The lowest BCUT2D eigenvalue weighted by Gasteiger charge is -2.27. The highest BCUT2D eigenvalue weighted by Gasteiger charge is 2.37. The van der Waals surface area contributed by atoms with E-state index in [0.29, 0.717) is 42.7 Å². The van der Waals surface area contributed by atoms with Crippen LogP contribution in [0.1, 0.15) is 16.8 Å². The first kappa shape index (κ1) is 22.9. The number of nitrogens with zero attached hydrogens (tertiary/aromatic N) is 3. The predicted octanol–water partition coefficient (Wildman–Crippen LogP) is 2.89. The Bertz CT molecular complexity index is 1100. The van der Waals surface area contributed by atoms with Crippen LogP contribution in [0.2, 0.25) is 0 Å². The minimum absolute atomic E-state index is 0.107. The Labute approximate surface area is 194 Å². The summed E-state index contributed by atoms with van der Waals surface area (Å²) in [6, 6.07) is 12.8. The molecule has 0 aliphatic carbocycles. The average Bonchev–Trinajstić information content (AvgIpc) is 3.08. The van der Waals surface area contributed by atoms with Crippen molar-refractivity contribution in [3.05, 3.63) is 59.9 Å². The van der Waals surface area contributed by atoms with E-state index in [0.717, 1.165) is 11.8 Å². The van der Waals surface area contributed by atoms with E-state index in [9.17, 15) is 18.8 Å². The fraction of sp³-hybridized carbons (Fsp3) is 0.304. The van der Waals surface area contributed by atoms with Crippen LogP contribution < -0.4 is 5.32 Å². The molecule has 172 valence electrons. The molecule has 33 heavy (non-hydrogen) atoms. The van der Waals surface area contributed by atoms with E-state index in [1.807, 2.05) is 0 Å². The van der Waals surface area contributed by atoms with E-state index < -0.39 is 17.0 Å². The number of hydrogen-bond acceptors (Lipinski definition) is 6. The first-order valence-corrected chi connectivity index (χ1v) is 11.4. The molecular formula is C23H23FN4O4S. The van der Waals surface area contributed by atoms with Crippen molar-refractivity contribution in [2.24, 2.45) is 4.99 Å². The zero-order valence-corrected chi connectivity index (χ0v) is 18.8. The van der Waals surface area contributed by atoms with Crippen LogP contribution in [0.5, 0.6) is 0 Å². The summed E-state index contributed by atoms with van der Waals surface area (Å²) in [4.78, 5) is 45.5. The van der Waals surface area contributed by atoms with Gasteiger partial charge in [0.2, 0.25) is 11.8 Å². The molecule has 2 saturated heterocycles. The number of amides is 3. The number of carbonyl (C=O) groups is 3. The Morgan fingerprint density at radius 2 is 1.85 bits per heavy atom. The molecule has 8 nitrogen and oxygen atoms in total. The molecular weight excluding hydrogens is 447 g/mol. The van der Waals surface area contributed by atoms with E-state index >= 15 is 0 Å². The number of amidine groups is 1. The quantitative estimate of drug-likeness (QED) is 0.726. The number of morpholine rings is 1. The maximum absolute atomic E-state index is 13.9. The number of rotatable bonds is 5. The van der Waals surface area contributed by atoms with Crippen molar-refractivity contribution >= 4 is 46.0 Å². The van der Waals surface area contributed by atoms with Crippen molar-refractivity contribution < 1.29 is 23.5 Å². The second-order valence-electron chi connectivity index (χ2n) is 7.55. The average molecular weight is 471 g/mol. The van der Waals surface area contributed by atoms with Gasteiger partial charge in [-0.3, -0.25) is 19.3 Å². The van der Waals surface area contributed by atoms with Gasteiger partial charge in [-0.25, -0.2) is 9.38 Å². The van der Waals surface area contributed by atoms with Crippen molar-refractivity contribution in [1.82, 2.24) is 9.80 Å². The van der Waals surface area contributed by atoms with Crippen molar-refractivity contribution in [1.29, 1.82) is 0 Å². The Balaban J connectivity index is 1.44. The minimum atomic E-state index is -0.692. The zero-order chi connectivity index (χ0) is 23.4. The summed E-state index contributed by atoms with van der Waals surface area (Å²) in [7, 11) is 1.54. The summed E-state index contributed by atoms with van der Waals surface area (Å²) in [5.41, 5.74) is 0.903. The van der Waals surface area contributed by atoms with Gasteiger partial charge in [-0.2, -0.15) is 0 Å². The van der Waals surface area contributed by atoms with Gasteiger partial charge in [0.25, 0.3) is 5.91 Å². The number of hydrogen-bond donors (Lipinski definition) is 1. The molecule has 0 unspecified atom stereocenters. The van der Waals surface area contributed by atoms with E-state index in [-0.39, 0.29) is 23.9 Å². The largest absolute Gasteiger partial charge is 0.378 e. The van der Waals surface area contributed by atoms with Gasteiger partial charge in [0.1, 0.15) is 16.8 Å². The first-order valence-electron chi connectivity index (χ1n) is 10.5. The van der Waals surface area contributed by atoms with Crippen LogP contribution in [0.4, 0.5) is 15.8 Å². The van der Waals surface area contributed by atoms with Crippen LogP contribution in [0.15, 0.2) is 53.5 Å². The minimum Gasteiger partial charge on any atom is -0.378 e. The molecule has 10 heteroatoms. The van der Waals surface area contributed by atoms with Crippen LogP contribution in [-0.2, 0) is 14.3 Å². The van der Waals surface area contributed by atoms with Crippen LogP contribution in [0.3, 0.4) is 0 Å². The highest BCUT2D eigenvalue weighted by Crippen LogP contribution is 2.31. The molecule has 2 aromatic carbocycles. The molecule has 4 rings (SSSR count). The molecule has 0 saturated carbocycles. The SMILES string of the molecule is CN1C(=O)[C@@H](CC(=O)Nc2ccccc2C(=O)N2CCOCC2)SC1=Nc1ccccc1F. The van der Waals surface area contributed by atoms with Gasteiger partial charge >= 0.3 is 0 Å². The molecule has 2 fully saturated rings. The molecule has 1 N–H and O–H groups in total. The summed E-state index contributed by atoms with van der Waals surface area (Å²) < 4.78 is 19.2. The van der Waals surface area contributed by atoms with E-state index in [1.165, 1.54) is 17.0 Å². The molecule has 0 bridgehead atoms. The number of benzene rings is 2. The normalized spacial score (nSPS) is 19.8. The predicted molar refractivity (Wildman–Crippen MR) is 124 cm³/mol. The van der Waals surface area contributed by atoms with E-state index in [4.69, 9.17) is 4.74 Å². The number of aliphatic imine (C=N–C) groups is 1. The molecule has 0 radical (unpaired) electrons.